The number of hydrogen-bond acceptors (Lipinski definition) is 5. The fraction of sp³-hybridized carbons (Fsp3) is 0.429. The Hall–Kier alpha value is -1.62. The van der Waals surface area contributed by atoms with Crippen molar-refractivity contribution in [2.45, 2.75) is 33.7 Å². The van der Waals surface area contributed by atoms with Crippen molar-refractivity contribution in [2.24, 2.45) is 0 Å². The largest absolute Gasteiger partial charge is 0.362 e. The van der Waals surface area contributed by atoms with E-state index in [1.807, 2.05) is 31.4 Å². The van der Waals surface area contributed by atoms with Gasteiger partial charge in [0.25, 0.3) is 0 Å². The lowest BCUT2D eigenvalue weighted by Crippen LogP contribution is -2.10. The molecule has 0 amide bonds. The summed E-state index contributed by atoms with van der Waals surface area (Å²) in [5, 5.41) is 6.59. The second-order valence-electron chi connectivity index (χ2n) is 4.57. The zero-order valence-corrected chi connectivity index (χ0v) is 12.6. The molecule has 2 heterocycles. The van der Waals surface area contributed by atoms with E-state index in [1.165, 1.54) is 9.75 Å². The minimum Gasteiger partial charge on any atom is -0.362 e. The second kappa shape index (κ2) is 6.02. The molecule has 0 aromatic carbocycles. The minimum absolute atomic E-state index is 0.252. The maximum Gasteiger partial charge on any atom is 0.224 e. The molecule has 0 saturated heterocycles. The minimum atomic E-state index is 0.252. The van der Waals surface area contributed by atoms with Crippen LogP contribution < -0.4 is 10.6 Å². The lowest BCUT2D eigenvalue weighted by Gasteiger charge is -2.15. The summed E-state index contributed by atoms with van der Waals surface area (Å²) in [6, 6.07) is 4.57. The Labute approximate surface area is 118 Å². The molecule has 0 aliphatic rings. The molecule has 2 aromatic rings. The summed E-state index contributed by atoms with van der Waals surface area (Å²) < 4.78 is 0. The van der Waals surface area contributed by atoms with E-state index in [9.17, 15) is 0 Å². The van der Waals surface area contributed by atoms with E-state index in [-0.39, 0.29) is 6.04 Å². The van der Waals surface area contributed by atoms with Crippen molar-refractivity contribution in [3.8, 4) is 0 Å². The van der Waals surface area contributed by atoms with E-state index in [1.54, 1.807) is 0 Å². The van der Waals surface area contributed by atoms with Crippen LogP contribution in [0.1, 0.15) is 35.2 Å². The Kier molecular flexibility index (Phi) is 4.37. The molecular weight excluding hydrogens is 256 g/mol. The van der Waals surface area contributed by atoms with Gasteiger partial charge in [0, 0.05) is 28.1 Å². The first-order valence-corrected chi connectivity index (χ1v) is 7.32. The number of aryl methyl sites for hydroxylation is 2. The van der Waals surface area contributed by atoms with E-state index in [0.717, 1.165) is 17.9 Å². The van der Waals surface area contributed by atoms with Crippen LogP contribution in [-0.4, -0.2) is 16.5 Å². The molecule has 0 aliphatic heterocycles. The second-order valence-corrected chi connectivity index (χ2v) is 5.89. The van der Waals surface area contributed by atoms with Crippen LogP contribution in [-0.2, 0) is 0 Å². The Morgan fingerprint density at radius 2 is 2.11 bits per heavy atom. The molecule has 5 heteroatoms. The lowest BCUT2D eigenvalue weighted by molar-refractivity contribution is 0.888. The smallest absolute Gasteiger partial charge is 0.224 e. The molecule has 1 atom stereocenters. The molecule has 0 spiro atoms. The van der Waals surface area contributed by atoms with Crippen molar-refractivity contribution in [1.82, 2.24) is 9.97 Å². The van der Waals surface area contributed by atoms with Crippen molar-refractivity contribution in [3.63, 3.8) is 0 Å². The number of hydrogen-bond donors (Lipinski definition) is 2. The highest BCUT2D eigenvalue weighted by Crippen LogP contribution is 2.26. The Balaban J connectivity index is 2.15. The summed E-state index contributed by atoms with van der Waals surface area (Å²) in [6.07, 6.45) is 1.85. The van der Waals surface area contributed by atoms with Gasteiger partial charge in [-0.15, -0.1) is 11.3 Å². The molecule has 2 rings (SSSR count). The number of aromatic nitrogens is 2. The van der Waals surface area contributed by atoms with Crippen LogP contribution in [0.25, 0.3) is 0 Å². The highest BCUT2D eigenvalue weighted by molar-refractivity contribution is 7.12. The molecule has 1 unspecified atom stereocenters. The Morgan fingerprint density at radius 3 is 2.74 bits per heavy atom. The van der Waals surface area contributed by atoms with Gasteiger partial charge in [0.15, 0.2) is 0 Å². The van der Waals surface area contributed by atoms with Crippen LogP contribution in [0.2, 0.25) is 0 Å². The number of rotatable bonds is 5. The monoisotopic (exact) mass is 276 g/mol. The standard InChI is InChI=1S/C14H20N4S/c1-5-15-14-16-8-9(2)13(18-14)17-11(4)12-7-6-10(3)19-12/h6-8,11H,5H2,1-4H3,(H2,15,16,17,18). The van der Waals surface area contributed by atoms with Gasteiger partial charge in [-0.2, -0.15) is 4.98 Å². The maximum absolute atomic E-state index is 4.51. The average molecular weight is 276 g/mol. The molecule has 0 saturated carbocycles. The summed E-state index contributed by atoms with van der Waals surface area (Å²) in [6.45, 7) is 9.15. The zero-order chi connectivity index (χ0) is 13.8. The predicted molar refractivity (Wildman–Crippen MR) is 82.0 cm³/mol. The van der Waals surface area contributed by atoms with Crippen LogP contribution in [0, 0.1) is 13.8 Å². The van der Waals surface area contributed by atoms with Crippen molar-refractivity contribution < 1.29 is 0 Å². The molecular formula is C14H20N4S. The van der Waals surface area contributed by atoms with Gasteiger partial charge >= 0.3 is 0 Å². The van der Waals surface area contributed by atoms with Gasteiger partial charge in [-0.05, 0) is 39.8 Å². The summed E-state index contributed by atoms with van der Waals surface area (Å²) in [5.41, 5.74) is 1.06. The Morgan fingerprint density at radius 1 is 1.32 bits per heavy atom. The molecule has 0 fully saturated rings. The van der Waals surface area contributed by atoms with Crippen LogP contribution in [0.15, 0.2) is 18.3 Å². The zero-order valence-electron chi connectivity index (χ0n) is 11.8. The van der Waals surface area contributed by atoms with Crippen molar-refractivity contribution in [1.29, 1.82) is 0 Å². The number of nitrogens with one attached hydrogen (secondary N) is 2. The normalized spacial score (nSPS) is 12.2. The van der Waals surface area contributed by atoms with E-state index < -0.39 is 0 Å². The van der Waals surface area contributed by atoms with Gasteiger partial charge in [0.1, 0.15) is 5.82 Å². The first-order valence-electron chi connectivity index (χ1n) is 6.50. The van der Waals surface area contributed by atoms with Gasteiger partial charge in [-0.1, -0.05) is 0 Å². The van der Waals surface area contributed by atoms with E-state index >= 15 is 0 Å². The molecule has 4 nitrogen and oxygen atoms in total. The lowest BCUT2D eigenvalue weighted by atomic mass is 10.2. The van der Waals surface area contributed by atoms with Crippen molar-refractivity contribution >= 4 is 23.1 Å². The topological polar surface area (TPSA) is 49.8 Å². The fourth-order valence-corrected chi connectivity index (χ4v) is 2.67. The third-order valence-corrected chi connectivity index (χ3v) is 4.03. The fourth-order valence-electron chi connectivity index (χ4n) is 1.79. The molecule has 19 heavy (non-hydrogen) atoms. The van der Waals surface area contributed by atoms with Crippen molar-refractivity contribution in [3.05, 3.63) is 33.6 Å². The van der Waals surface area contributed by atoms with Crippen LogP contribution >= 0.6 is 11.3 Å². The van der Waals surface area contributed by atoms with Gasteiger partial charge < -0.3 is 10.6 Å². The predicted octanol–water partition coefficient (Wildman–Crippen LogP) is 3.76. The van der Waals surface area contributed by atoms with Crippen molar-refractivity contribution in [2.75, 3.05) is 17.2 Å². The van der Waals surface area contributed by atoms with Gasteiger partial charge in [-0.25, -0.2) is 4.98 Å². The first kappa shape index (κ1) is 13.8. The van der Waals surface area contributed by atoms with Gasteiger partial charge in [0.2, 0.25) is 5.95 Å². The third kappa shape index (κ3) is 3.44. The van der Waals surface area contributed by atoms with Gasteiger partial charge in [0.05, 0.1) is 6.04 Å². The number of nitrogens with zero attached hydrogens (tertiary/aromatic N) is 2. The molecule has 0 aliphatic carbocycles. The summed E-state index contributed by atoms with van der Waals surface area (Å²) >= 11 is 1.81. The first-order chi connectivity index (χ1) is 9.10. The van der Waals surface area contributed by atoms with E-state index in [2.05, 4.69) is 46.6 Å². The average Bonchev–Trinajstić information content (AvgIpc) is 2.80. The molecule has 2 N–H and O–H groups in total. The molecule has 0 bridgehead atoms. The summed E-state index contributed by atoms with van der Waals surface area (Å²) in [7, 11) is 0. The molecule has 0 radical (unpaired) electrons. The Bertz CT molecular complexity index is 550. The summed E-state index contributed by atoms with van der Waals surface area (Å²) in [4.78, 5) is 11.4. The van der Waals surface area contributed by atoms with E-state index in [0.29, 0.717) is 5.95 Å². The highest BCUT2D eigenvalue weighted by Gasteiger charge is 2.10. The van der Waals surface area contributed by atoms with Crippen LogP contribution in [0.3, 0.4) is 0 Å². The van der Waals surface area contributed by atoms with Gasteiger partial charge in [-0.3, -0.25) is 0 Å². The summed E-state index contributed by atoms with van der Waals surface area (Å²) in [5.74, 6) is 1.56. The van der Waals surface area contributed by atoms with E-state index in [4.69, 9.17) is 0 Å². The maximum atomic E-state index is 4.51. The van der Waals surface area contributed by atoms with Crippen LogP contribution in [0.5, 0.6) is 0 Å². The molecule has 2 aromatic heterocycles. The SMILES string of the molecule is CCNc1ncc(C)c(NC(C)c2ccc(C)s2)n1. The highest BCUT2D eigenvalue weighted by atomic mass is 32.1. The molecule has 102 valence electrons. The third-order valence-electron chi connectivity index (χ3n) is 2.85. The van der Waals surface area contributed by atoms with Crippen LogP contribution in [0.4, 0.5) is 11.8 Å². The quantitative estimate of drug-likeness (QED) is 0.873. The number of anilines is 2. The number of thiophene rings is 1.